The van der Waals surface area contributed by atoms with Crippen LogP contribution in [0.4, 0.5) is 34.1 Å². The van der Waals surface area contributed by atoms with E-state index in [0.29, 0.717) is 35.7 Å². The maximum atomic E-state index is 11.3. The number of nitro benzene ring substituents is 3. The Labute approximate surface area is 311 Å². The summed E-state index contributed by atoms with van der Waals surface area (Å²) in [5, 5.41) is 32.1. The quantitative estimate of drug-likeness (QED) is 0.219. The molecule has 3 aliphatic heterocycles. The summed E-state index contributed by atoms with van der Waals surface area (Å²) in [4.78, 5) is 37.3. The summed E-state index contributed by atoms with van der Waals surface area (Å²) in [5.74, 6) is 3.91. The number of rotatable bonds is 6. The molecular formula is C34H46N6O9S3. The first-order valence-electron chi connectivity index (χ1n) is 16.3. The number of sulfone groups is 1. The first-order valence-corrected chi connectivity index (χ1v) is 20.7. The van der Waals surface area contributed by atoms with Crippen LogP contribution in [0.3, 0.4) is 0 Å². The zero-order valence-electron chi connectivity index (χ0n) is 28.8. The molecule has 18 heteroatoms. The zero-order chi connectivity index (χ0) is 37.3. The molecule has 3 aliphatic rings. The van der Waals surface area contributed by atoms with Crippen LogP contribution in [0, 0.1) is 51.1 Å². The van der Waals surface area contributed by atoms with Crippen molar-refractivity contribution in [1.82, 2.24) is 0 Å². The molecule has 3 saturated heterocycles. The minimum absolute atomic E-state index is 0. The molecule has 0 unspecified atom stereocenters. The van der Waals surface area contributed by atoms with Crippen LogP contribution >= 0.6 is 11.8 Å². The molecule has 0 atom stereocenters. The van der Waals surface area contributed by atoms with Crippen molar-refractivity contribution in [3.05, 3.63) is 102 Å². The molecule has 0 aliphatic carbocycles. The lowest BCUT2D eigenvalue weighted by atomic mass is 10.1. The van der Waals surface area contributed by atoms with Crippen molar-refractivity contribution in [3.8, 4) is 0 Å². The number of thioether (sulfide) groups is 1. The van der Waals surface area contributed by atoms with Crippen molar-refractivity contribution in [3.63, 3.8) is 0 Å². The summed E-state index contributed by atoms with van der Waals surface area (Å²) in [7, 11) is -3.61. The normalized spacial score (nSPS) is 17.0. The van der Waals surface area contributed by atoms with E-state index in [4.69, 9.17) is 0 Å². The SMILES string of the molecule is C.Cc1cc(N2CCS(=O)(=O)CC2)ccc1[N+](=O)[O-].Cc1cc(N2CCS(=O)CC2)ccc1[N+](=O)[O-].Cc1cc(N2CCSCC2)ccc1[N+](=O)[O-]. The van der Waals surface area contributed by atoms with Gasteiger partial charge in [-0.25, -0.2) is 8.42 Å². The van der Waals surface area contributed by atoms with E-state index in [0.717, 1.165) is 60.3 Å². The molecule has 6 rings (SSSR count). The highest BCUT2D eigenvalue weighted by atomic mass is 32.2. The molecule has 284 valence electrons. The average molecular weight is 779 g/mol. The second kappa shape index (κ2) is 19.0. The van der Waals surface area contributed by atoms with Crippen molar-refractivity contribution in [2.75, 3.05) is 88.5 Å². The fourth-order valence-electron chi connectivity index (χ4n) is 5.81. The van der Waals surface area contributed by atoms with E-state index in [1.54, 1.807) is 45.0 Å². The fraction of sp³-hybridized carbons (Fsp3) is 0.471. The predicted octanol–water partition coefficient (Wildman–Crippen LogP) is 5.70. The molecule has 3 aromatic carbocycles. The Balaban J connectivity index is 0.000000209. The number of hydrogen-bond donors (Lipinski definition) is 0. The van der Waals surface area contributed by atoms with Gasteiger partial charge in [-0.3, -0.25) is 34.6 Å². The minimum atomic E-state index is -2.91. The summed E-state index contributed by atoms with van der Waals surface area (Å²) in [6.45, 7) is 9.67. The van der Waals surface area contributed by atoms with Crippen molar-refractivity contribution >= 4 is 66.5 Å². The highest BCUT2D eigenvalue weighted by Gasteiger charge is 2.23. The van der Waals surface area contributed by atoms with Crippen LogP contribution in [0.1, 0.15) is 24.1 Å². The van der Waals surface area contributed by atoms with Gasteiger partial charge in [-0.05, 0) is 57.2 Å². The largest absolute Gasteiger partial charge is 0.370 e. The maximum Gasteiger partial charge on any atom is 0.272 e. The standard InChI is InChI=1S/C11H14N2O4S.C11H14N2O3S.C11H14N2O2S.CH4/c1-9-8-10(2-3-11(9)13(14)15)12-4-6-18(16,17)7-5-12;1-9-8-10(2-3-11(9)13(14)15)12-4-6-17(16)7-5-12;1-9-8-10(2-3-11(9)13(14)15)12-4-6-16-7-5-12;/h2-3,8H,4-7H2,1H3;2-3,8H,4-7H2,1H3;2-3,8H,4-7H2,1H3;1H4. The highest BCUT2D eigenvalue weighted by molar-refractivity contribution is 7.99. The third-order valence-electron chi connectivity index (χ3n) is 8.76. The van der Waals surface area contributed by atoms with E-state index in [2.05, 4.69) is 9.80 Å². The van der Waals surface area contributed by atoms with Gasteiger partial charge in [0.2, 0.25) is 0 Å². The first kappa shape index (κ1) is 42.1. The van der Waals surface area contributed by atoms with Gasteiger partial charge in [0.1, 0.15) is 0 Å². The van der Waals surface area contributed by atoms with Crippen LogP contribution in [0.2, 0.25) is 0 Å². The summed E-state index contributed by atoms with van der Waals surface area (Å²) in [5.41, 5.74) is 5.35. The van der Waals surface area contributed by atoms with Crippen LogP contribution in [-0.2, 0) is 20.6 Å². The Kier molecular flexibility index (Phi) is 15.4. The van der Waals surface area contributed by atoms with Crippen molar-refractivity contribution in [2.45, 2.75) is 28.2 Å². The van der Waals surface area contributed by atoms with Crippen LogP contribution in [-0.4, -0.2) is 101 Å². The van der Waals surface area contributed by atoms with Crippen LogP contribution < -0.4 is 14.7 Å². The second-order valence-electron chi connectivity index (χ2n) is 12.3. The summed E-state index contributed by atoms with van der Waals surface area (Å²) in [6.07, 6.45) is 0. The smallest absolute Gasteiger partial charge is 0.272 e. The van der Waals surface area contributed by atoms with Gasteiger partial charge in [0, 0.05) is 125 Å². The Morgan fingerprint density at radius 2 is 0.923 bits per heavy atom. The van der Waals surface area contributed by atoms with Gasteiger partial charge in [-0.15, -0.1) is 0 Å². The molecule has 0 N–H and O–H groups in total. The summed E-state index contributed by atoms with van der Waals surface area (Å²) >= 11 is 1.96. The molecular weight excluding hydrogens is 733 g/mol. The van der Waals surface area contributed by atoms with E-state index < -0.39 is 25.6 Å². The molecule has 0 radical (unpaired) electrons. The molecule has 0 bridgehead atoms. The monoisotopic (exact) mass is 778 g/mol. The summed E-state index contributed by atoms with van der Waals surface area (Å²) < 4.78 is 33.9. The highest BCUT2D eigenvalue weighted by Crippen LogP contribution is 2.28. The molecule has 0 aromatic heterocycles. The second-order valence-corrected chi connectivity index (χ2v) is 17.5. The van der Waals surface area contributed by atoms with Gasteiger partial charge in [-0.2, -0.15) is 11.8 Å². The third-order valence-corrected chi connectivity index (χ3v) is 12.6. The third kappa shape index (κ3) is 11.6. The Hall–Kier alpha value is -4.29. The van der Waals surface area contributed by atoms with Crippen LogP contribution in [0.5, 0.6) is 0 Å². The molecule has 0 spiro atoms. The minimum Gasteiger partial charge on any atom is -0.370 e. The molecule has 15 nitrogen and oxygen atoms in total. The summed E-state index contributed by atoms with van der Waals surface area (Å²) in [6, 6.07) is 15.4. The lowest BCUT2D eigenvalue weighted by Gasteiger charge is -2.28. The topological polar surface area (TPSA) is 190 Å². The average Bonchev–Trinajstić information content (AvgIpc) is 3.09. The zero-order valence-corrected chi connectivity index (χ0v) is 31.2. The van der Waals surface area contributed by atoms with Crippen LogP contribution in [0.15, 0.2) is 54.6 Å². The fourth-order valence-corrected chi connectivity index (χ4v) is 8.97. The first-order chi connectivity index (χ1) is 24.1. The lowest BCUT2D eigenvalue weighted by molar-refractivity contribution is -0.385. The number of nitro groups is 3. The number of anilines is 3. The Morgan fingerprint density at radius 3 is 1.25 bits per heavy atom. The van der Waals surface area contributed by atoms with E-state index in [-0.39, 0.29) is 45.8 Å². The van der Waals surface area contributed by atoms with Crippen molar-refractivity contribution in [1.29, 1.82) is 0 Å². The van der Waals surface area contributed by atoms with Crippen LogP contribution in [0.25, 0.3) is 0 Å². The van der Waals surface area contributed by atoms with E-state index in [9.17, 15) is 43.0 Å². The van der Waals surface area contributed by atoms with E-state index in [1.807, 2.05) is 34.9 Å². The Bertz CT molecular complexity index is 1860. The lowest BCUT2D eigenvalue weighted by Crippen LogP contribution is -2.40. The number of hydrogen-bond acceptors (Lipinski definition) is 13. The molecule has 3 fully saturated rings. The van der Waals surface area contributed by atoms with Gasteiger partial charge in [-0.1, -0.05) is 7.43 Å². The van der Waals surface area contributed by atoms with Crippen molar-refractivity contribution < 1.29 is 27.4 Å². The van der Waals surface area contributed by atoms with Gasteiger partial charge in [0.25, 0.3) is 17.1 Å². The number of nitrogens with zero attached hydrogens (tertiary/aromatic N) is 6. The predicted molar refractivity (Wildman–Crippen MR) is 211 cm³/mol. The number of benzene rings is 3. The molecule has 0 saturated carbocycles. The number of aryl methyl sites for hydroxylation is 3. The van der Waals surface area contributed by atoms with Crippen molar-refractivity contribution in [2.24, 2.45) is 0 Å². The van der Waals surface area contributed by atoms with Gasteiger partial charge in [0.05, 0.1) is 26.3 Å². The Morgan fingerprint density at radius 1 is 0.596 bits per heavy atom. The van der Waals surface area contributed by atoms with E-state index >= 15 is 0 Å². The van der Waals surface area contributed by atoms with E-state index in [1.165, 1.54) is 12.1 Å². The molecule has 3 aromatic rings. The molecule has 0 amide bonds. The van der Waals surface area contributed by atoms with Gasteiger partial charge in [0.15, 0.2) is 9.84 Å². The molecule has 52 heavy (non-hydrogen) atoms. The van der Waals surface area contributed by atoms with Gasteiger partial charge >= 0.3 is 0 Å². The molecule has 3 heterocycles. The van der Waals surface area contributed by atoms with Gasteiger partial charge < -0.3 is 14.7 Å². The maximum absolute atomic E-state index is 11.3.